The van der Waals surface area contributed by atoms with E-state index < -0.39 is 23.5 Å². The Morgan fingerprint density at radius 1 is 1.33 bits per heavy atom. The lowest BCUT2D eigenvalue weighted by Gasteiger charge is -2.40. The van der Waals surface area contributed by atoms with Crippen molar-refractivity contribution in [3.8, 4) is 11.8 Å². The zero-order valence-electron chi connectivity index (χ0n) is 19.0. The van der Waals surface area contributed by atoms with Gasteiger partial charge in [-0.3, -0.25) is 19.5 Å². The van der Waals surface area contributed by atoms with Gasteiger partial charge >= 0.3 is 0 Å². The SMILES string of the molecule is C[C@]1(C(O)C(=O)Nc2ccc3c(N)noc3c2)OCCN(c2ccn(-c3cncc(C#N)c3)n2)C1=O. The third-order valence-corrected chi connectivity index (χ3v) is 5.89. The molecule has 0 spiro atoms. The topological polar surface area (TPSA) is 185 Å². The van der Waals surface area contributed by atoms with Gasteiger partial charge in [0, 0.05) is 30.2 Å². The number of fused-ring (bicyclic) bond motifs is 1. The fourth-order valence-electron chi connectivity index (χ4n) is 3.91. The highest BCUT2D eigenvalue weighted by Gasteiger charge is 2.51. The van der Waals surface area contributed by atoms with Gasteiger partial charge in [0.05, 0.1) is 36.0 Å². The van der Waals surface area contributed by atoms with Crippen molar-refractivity contribution in [1.29, 1.82) is 5.26 Å². The number of hydrogen-bond acceptors (Lipinski definition) is 10. The molecular formula is C23H20N8O5. The molecule has 0 radical (unpaired) electrons. The van der Waals surface area contributed by atoms with Gasteiger partial charge in [0.15, 0.2) is 28.9 Å². The Kier molecular flexibility index (Phi) is 5.59. The van der Waals surface area contributed by atoms with Gasteiger partial charge in [-0.25, -0.2) is 4.68 Å². The fourth-order valence-corrected chi connectivity index (χ4v) is 3.91. The first kappa shape index (κ1) is 23.0. The van der Waals surface area contributed by atoms with Gasteiger partial charge in [-0.05, 0) is 25.1 Å². The number of nitrogens with zero attached hydrogens (tertiary/aromatic N) is 6. The van der Waals surface area contributed by atoms with Gasteiger partial charge < -0.3 is 25.4 Å². The number of pyridine rings is 1. The summed E-state index contributed by atoms with van der Waals surface area (Å²) in [5.74, 6) is -0.973. The average molecular weight is 488 g/mol. The maximum absolute atomic E-state index is 13.4. The first-order chi connectivity index (χ1) is 17.3. The smallest absolute Gasteiger partial charge is 0.263 e. The number of rotatable bonds is 5. The molecule has 0 bridgehead atoms. The number of nitriles is 1. The molecule has 1 fully saturated rings. The lowest BCUT2D eigenvalue weighted by molar-refractivity contribution is -0.170. The Balaban J connectivity index is 1.34. The molecule has 0 aliphatic carbocycles. The summed E-state index contributed by atoms with van der Waals surface area (Å²) in [6.07, 6.45) is 2.74. The number of carbonyl (C=O) groups excluding carboxylic acids is 2. The van der Waals surface area contributed by atoms with Crippen molar-refractivity contribution in [3.05, 3.63) is 54.5 Å². The van der Waals surface area contributed by atoms with Crippen molar-refractivity contribution < 1.29 is 24.0 Å². The minimum atomic E-state index is -1.87. The largest absolute Gasteiger partial charge is 0.380 e. The minimum Gasteiger partial charge on any atom is -0.380 e. The number of benzene rings is 1. The summed E-state index contributed by atoms with van der Waals surface area (Å²) in [4.78, 5) is 31.6. The van der Waals surface area contributed by atoms with Crippen LogP contribution in [0.2, 0.25) is 0 Å². The van der Waals surface area contributed by atoms with E-state index in [-0.39, 0.29) is 24.8 Å². The van der Waals surface area contributed by atoms with Crippen molar-refractivity contribution in [2.45, 2.75) is 18.6 Å². The number of carbonyl (C=O) groups is 2. The zero-order chi connectivity index (χ0) is 25.4. The summed E-state index contributed by atoms with van der Waals surface area (Å²) in [5.41, 5.74) is 5.40. The van der Waals surface area contributed by atoms with Gasteiger partial charge in [-0.2, -0.15) is 5.26 Å². The average Bonchev–Trinajstić information content (AvgIpc) is 3.52. The van der Waals surface area contributed by atoms with Crippen LogP contribution in [0.15, 0.2) is 53.4 Å². The molecule has 182 valence electrons. The van der Waals surface area contributed by atoms with Gasteiger partial charge in [-0.1, -0.05) is 5.16 Å². The van der Waals surface area contributed by atoms with Gasteiger partial charge in [0.25, 0.3) is 11.8 Å². The Morgan fingerprint density at radius 2 is 2.17 bits per heavy atom. The summed E-state index contributed by atoms with van der Waals surface area (Å²) < 4.78 is 12.2. The predicted molar refractivity (Wildman–Crippen MR) is 126 cm³/mol. The van der Waals surface area contributed by atoms with Crippen LogP contribution in [0.1, 0.15) is 12.5 Å². The molecule has 1 aliphatic rings. The second-order valence-electron chi connectivity index (χ2n) is 8.24. The Hall–Kier alpha value is -4.80. The van der Waals surface area contributed by atoms with E-state index in [1.54, 1.807) is 30.5 Å². The normalized spacial score (nSPS) is 18.7. The summed E-state index contributed by atoms with van der Waals surface area (Å²) in [6.45, 7) is 1.58. The van der Waals surface area contributed by atoms with E-state index in [0.717, 1.165) is 0 Å². The fraction of sp³-hybridized carbons (Fsp3) is 0.217. The Bertz CT molecular complexity index is 1520. The van der Waals surface area contributed by atoms with Crippen molar-refractivity contribution in [1.82, 2.24) is 19.9 Å². The summed E-state index contributed by atoms with van der Waals surface area (Å²) in [7, 11) is 0. The molecule has 2 amide bonds. The molecule has 4 N–H and O–H groups in total. The van der Waals surface area contributed by atoms with Crippen LogP contribution in [0, 0.1) is 11.3 Å². The number of morpholine rings is 1. The molecule has 2 atom stereocenters. The van der Waals surface area contributed by atoms with Crippen LogP contribution in [0.4, 0.5) is 17.3 Å². The maximum atomic E-state index is 13.4. The molecule has 0 saturated carbocycles. The first-order valence-corrected chi connectivity index (χ1v) is 10.8. The molecule has 1 unspecified atom stereocenters. The molecule has 13 nitrogen and oxygen atoms in total. The second-order valence-corrected chi connectivity index (χ2v) is 8.24. The minimum absolute atomic E-state index is 0.0637. The first-order valence-electron chi connectivity index (χ1n) is 10.8. The molecule has 1 saturated heterocycles. The highest BCUT2D eigenvalue weighted by Crippen LogP contribution is 2.29. The zero-order valence-corrected chi connectivity index (χ0v) is 19.0. The van der Waals surface area contributed by atoms with Gasteiger partial charge in [0.2, 0.25) is 0 Å². The molecule has 4 heterocycles. The highest BCUT2D eigenvalue weighted by molar-refractivity contribution is 6.06. The number of aromatic nitrogens is 4. The van der Waals surface area contributed by atoms with Crippen LogP contribution in [0.25, 0.3) is 16.7 Å². The molecule has 5 rings (SSSR count). The van der Waals surface area contributed by atoms with Crippen LogP contribution in [-0.4, -0.2) is 61.7 Å². The molecule has 1 aromatic carbocycles. The maximum Gasteiger partial charge on any atom is 0.263 e. The number of hydrogen-bond donors (Lipinski definition) is 3. The third-order valence-electron chi connectivity index (χ3n) is 5.89. The standard InChI is InChI=1S/C23H20N8O5/c1-23(19(32)21(33)27-14-2-3-16-17(9-14)36-29-20(16)25)22(34)30(6-7-35-23)18-4-5-31(28-18)15-8-13(10-24)11-26-12-15/h2-5,8-9,11-12,19,32H,6-7H2,1H3,(H2,25,29)(H,27,33)/t19?,23-/m1/s1. The van der Waals surface area contributed by atoms with E-state index in [1.807, 2.05) is 6.07 Å². The molecule has 4 aromatic rings. The second kappa shape index (κ2) is 8.77. The number of amides is 2. The molecule has 1 aliphatic heterocycles. The van der Waals surface area contributed by atoms with E-state index in [1.165, 1.54) is 35.0 Å². The highest BCUT2D eigenvalue weighted by atomic mass is 16.5. The van der Waals surface area contributed by atoms with Crippen LogP contribution >= 0.6 is 0 Å². The monoisotopic (exact) mass is 488 g/mol. The number of anilines is 3. The lowest BCUT2D eigenvalue weighted by atomic mass is 9.94. The van der Waals surface area contributed by atoms with E-state index in [0.29, 0.717) is 27.9 Å². The van der Waals surface area contributed by atoms with Crippen LogP contribution in [0.5, 0.6) is 0 Å². The van der Waals surface area contributed by atoms with Crippen molar-refractivity contribution in [2.24, 2.45) is 0 Å². The number of aliphatic hydroxyl groups is 1. The molecule has 13 heteroatoms. The van der Waals surface area contributed by atoms with Crippen LogP contribution < -0.4 is 16.0 Å². The van der Waals surface area contributed by atoms with E-state index >= 15 is 0 Å². The van der Waals surface area contributed by atoms with Gasteiger partial charge in [-0.15, -0.1) is 5.10 Å². The predicted octanol–water partition coefficient (Wildman–Crippen LogP) is 0.984. The lowest BCUT2D eigenvalue weighted by Crippen LogP contribution is -2.63. The summed E-state index contributed by atoms with van der Waals surface area (Å²) in [5, 5.41) is 31.1. The Labute approximate surface area is 203 Å². The van der Waals surface area contributed by atoms with Crippen LogP contribution in [0.3, 0.4) is 0 Å². The van der Waals surface area contributed by atoms with E-state index in [4.69, 9.17) is 20.3 Å². The number of nitrogens with two attached hydrogens (primary N) is 1. The third kappa shape index (κ3) is 3.90. The molecule has 3 aromatic heterocycles. The quantitative estimate of drug-likeness (QED) is 0.366. The van der Waals surface area contributed by atoms with E-state index in [2.05, 4.69) is 20.6 Å². The van der Waals surface area contributed by atoms with Crippen LogP contribution in [-0.2, 0) is 14.3 Å². The summed E-state index contributed by atoms with van der Waals surface area (Å²) in [6, 6.07) is 9.91. The molecule has 36 heavy (non-hydrogen) atoms. The number of nitrogen functional groups attached to an aromatic ring is 1. The van der Waals surface area contributed by atoms with Crippen molar-refractivity contribution in [3.63, 3.8) is 0 Å². The Morgan fingerprint density at radius 3 is 2.97 bits per heavy atom. The van der Waals surface area contributed by atoms with Gasteiger partial charge in [0.1, 0.15) is 6.07 Å². The molecular weight excluding hydrogens is 468 g/mol. The van der Waals surface area contributed by atoms with Crippen molar-refractivity contribution >= 4 is 40.1 Å². The number of aliphatic hydroxyl groups excluding tert-OH is 1. The number of nitrogens with one attached hydrogen (secondary N) is 1. The van der Waals surface area contributed by atoms with E-state index in [9.17, 15) is 14.7 Å². The number of ether oxygens (including phenoxy) is 1. The summed E-state index contributed by atoms with van der Waals surface area (Å²) >= 11 is 0. The van der Waals surface area contributed by atoms with Crippen molar-refractivity contribution in [2.75, 3.05) is 29.1 Å².